The highest BCUT2D eigenvalue weighted by molar-refractivity contribution is 5.96. The molecule has 2 rings (SSSR count). The van der Waals surface area contributed by atoms with Gasteiger partial charge in [0.05, 0.1) is 13.2 Å². The SMILES string of the molecule is COc1cc(C)c(C(=O)NCC2CCCO2)cc1C(C)(C)C. The lowest BCUT2D eigenvalue weighted by Crippen LogP contribution is -2.32. The molecule has 22 heavy (non-hydrogen) atoms. The maximum Gasteiger partial charge on any atom is 0.251 e. The van der Waals surface area contributed by atoms with Crippen LogP contribution in [0.15, 0.2) is 12.1 Å². The normalized spacial score (nSPS) is 18.3. The number of benzene rings is 1. The van der Waals surface area contributed by atoms with Crippen LogP contribution in [0.25, 0.3) is 0 Å². The van der Waals surface area contributed by atoms with Gasteiger partial charge >= 0.3 is 0 Å². The second-order valence-electron chi connectivity index (χ2n) is 6.96. The van der Waals surface area contributed by atoms with Crippen molar-refractivity contribution in [2.75, 3.05) is 20.3 Å². The van der Waals surface area contributed by atoms with Crippen molar-refractivity contribution in [3.05, 3.63) is 28.8 Å². The van der Waals surface area contributed by atoms with Crippen LogP contribution in [0.5, 0.6) is 5.75 Å². The van der Waals surface area contributed by atoms with E-state index in [4.69, 9.17) is 9.47 Å². The summed E-state index contributed by atoms with van der Waals surface area (Å²) >= 11 is 0. The number of aryl methyl sites for hydroxylation is 1. The monoisotopic (exact) mass is 305 g/mol. The van der Waals surface area contributed by atoms with E-state index in [1.54, 1.807) is 7.11 Å². The van der Waals surface area contributed by atoms with Crippen molar-refractivity contribution in [3.8, 4) is 5.75 Å². The quantitative estimate of drug-likeness (QED) is 0.929. The van der Waals surface area contributed by atoms with Gasteiger partial charge in [0.1, 0.15) is 5.75 Å². The number of hydrogen-bond donors (Lipinski definition) is 1. The van der Waals surface area contributed by atoms with Crippen molar-refractivity contribution in [1.29, 1.82) is 0 Å². The summed E-state index contributed by atoms with van der Waals surface area (Å²) in [5.74, 6) is 0.793. The smallest absolute Gasteiger partial charge is 0.251 e. The number of carbonyl (C=O) groups excluding carboxylic acids is 1. The van der Waals surface area contributed by atoms with Crippen LogP contribution in [0.2, 0.25) is 0 Å². The fourth-order valence-corrected chi connectivity index (χ4v) is 2.79. The summed E-state index contributed by atoms with van der Waals surface area (Å²) in [4.78, 5) is 12.5. The molecule has 1 N–H and O–H groups in total. The topological polar surface area (TPSA) is 47.6 Å². The molecule has 0 spiro atoms. The standard InChI is InChI=1S/C18H27NO3/c1-12-9-16(21-5)15(18(2,3)4)10-14(12)17(20)19-11-13-7-6-8-22-13/h9-10,13H,6-8,11H2,1-5H3,(H,19,20). The Morgan fingerprint density at radius 2 is 2.14 bits per heavy atom. The van der Waals surface area contributed by atoms with E-state index in [1.807, 2.05) is 19.1 Å². The van der Waals surface area contributed by atoms with Crippen LogP contribution in [-0.4, -0.2) is 32.3 Å². The molecular weight excluding hydrogens is 278 g/mol. The summed E-state index contributed by atoms with van der Waals surface area (Å²) in [6, 6.07) is 3.90. The molecule has 0 saturated carbocycles. The highest BCUT2D eigenvalue weighted by Crippen LogP contribution is 2.33. The second kappa shape index (κ2) is 6.69. The predicted octanol–water partition coefficient (Wildman–Crippen LogP) is 3.21. The lowest BCUT2D eigenvalue weighted by Gasteiger charge is -2.24. The molecule has 1 aliphatic heterocycles. The highest BCUT2D eigenvalue weighted by atomic mass is 16.5. The molecule has 0 aliphatic carbocycles. The predicted molar refractivity (Wildman–Crippen MR) is 87.7 cm³/mol. The van der Waals surface area contributed by atoms with E-state index in [0.29, 0.717) is 12.1 Å². The lowest BCUT2D eigenvalue weighted by molar-refractivity contribution is 0.0857. The number of hydrogen-bond acceptors (Lipinski definition) is 3. The molecule has 1 aliphatic rings. The van der Waals surface area contributed by atoms with Crippen LogP contribution < -0.4 is 10.1 Å². The molecule has 1 heterocycles. The number of rotatable bonds is 4. The first-order valence-corrected chi connectivity index (χ1v) is 7.92. The molecule has 1 fully saturated rings. The zero-order valence-electron chi connectivity index (χ0n) is 14.3. The maximum atomic E-state index is 12.5. The summed E-state index contributed by atoms with van der Waals surface area (Å²) < 4.78 is 11.0. The molecule has 1 aromatic carbocycles. The Kier molecular flexibility index (Phi) is 5.12. The summed E-state index contributed by atoms with van der Waals surface area (Å²) in [5, 5.41) is 2.99. The van der Waals surface area contributed by atoms with Gasteiger partial charge in [0.15, 0.2) is 0 Å². The van der Waals surface area contributed by atoms with Crippen molar-refractivity contribution >= 4 is 5.91 Å². The molecule has 1 atom stereocenters. The molecule has 1 aromatic rings. The van der Waals surface area contributed by atoms with Gasteiger partial charge in [0.2, 0.25) is 0 Å². The van der Waals surface area contributed by atoms with E-state index in [2.05, 4.69) is 26.1 Å². The highest BCUT2D eigenvalue weighted by Gasteiger charge is 2.23. The van der Waals surface area contributed by atoms with Gasteiger partial charge in [-0.25, -0.2) is 0 Å². The lowest BCUT2D eigenvalue weighted by atomic mass is 9.84. The first-order valence-electron chi connectivity index (χ1n) is 7.92. The fourth-order valence-electron chi connectivity index (χ4n) is 2.79. The van der Waals surface area contributed by atoms with Crippen LogP contribution in [-0.2, 0) is 10.2 Å². The van der Waals surface area contributed by atoms with Crippen molar-refractivity contribution in [2.24, 2.45) is 0 Å². The van der Waals surface area contributed by atoms with Gasteiger partial charge in [-0.1, -0.05) is 20.8 Å². The molecule has 0 bridgehead atoms. The Labute approximate surface area is 133 Å². The van der Waals surface area contributed by atoms with Gasteiger partial charge in [-0.2, -0.15) is 0 Å². The molecular formula is C18H27NO3. The van der Waals surface area contributed by atoms with Gasteiger partial charge in [0.25, 0.3) is 5.91 Å². The minimum atomic E-state index is -0.0807. The van der Waals surface area contributed by atoms with E-state index >= 15 is 0 Å². The molecule has 1 saturated heterocycles. The first-order chi connectivity index (χ1) is 10.3. The minimum Gasteiger partial charge on any atom is -0.496 e. The van der Waals surface area contributed by atoms with Gasteiger partial charge in [-0.15, -0.1) is 0 Å². The van der Waals surface area contributed by atoms with Gasteiger partial charge in [-0.3, -0.25) is 4.79 Å². The number of amides is 1. The van der Waals surface area contributed by atoms with Gasteiger partial charge in [-0.05, 0) is 42.9 Å². The van der Waals surface area contributed by atoms with Crippen molar-refractivity contribution < 1.29 is 14.3 Å². The van der Waals surface area contributed by atoms with Crippen molar-refractivity contribution in [1.82, 2.24) is 5.32 Å². The maximum absolute atomic E-state index is 12.5. The number of methoxy groups -OCH3 is 1. The number of carbonyl (C=O) groups is 1. The molecule has 4 nitrogen and oxygen atoms in total. The number of ether oxygens (including phenoxy) is 2. The van der Waals surface area contributed by atoms with E-state index in [9.17, 15) is 4.79 Å². The van der Waals surface area contributed by atoms with Crippen LogP contribution in [0.1, 0.15) is 55.1 Å². The van der Waals surface area contributed by atoms with Crippen molar-refractivity contribution in [2.45, 2.75) is 52.1 Å². The first kappa shape index (κ1) is 16.8. The molecule has 122 valence electrons. The van der Waals surface area contributed by atoms with Crippen molar-refractivity contribution in [3.63, 3.8) is 0 Å². The summed E-state index contributed by atoms with van der Waals surface area (Å²) in [6.07, 6.45) is 2.26. The zero-order chi connectivity index (χ0) is 16.3. The average Bonchev–Trinajstić information content (AvgIpc) is 2.96. The Morgan fingerprint density at radius 1 is 1.41 bits per heavy atom. The largest absolute Gasteiger partial charge is 0.496 e. The van der Waals surface area contributed by atoms with E-state index in [-0.39, 0.29) is 17.4 Å². The fraction of sp³-hybridized carbons (Fsp3) is 0.611. The molecule has 1 amide bonds. The van der Waals surface area contributed by atoms with Gasteiger partial charge < -0.3 is 14.8 Å². The van der Waals surface area contributed by atoms with E-state index in [1.165, 1.54) is 0 Å². The number of nitrogens with one attached hydrogen (secondary N) is 1. The Morgan fingerprint density at radius 3 is 2.68 bits per heavy atom. The van der Waals surface area contributed by atoms with Crippen LogP contribution in [0, 0.1) is 6.92 Å². The van der Waals surface area contributed by atoms with Crippen LogP contribution in [0.4, 0.5) is 0 Å². The second-order valence-corrected chi connectivity index (χ2v) is 6.96. The molecule has 0 radical (unpaired) electrons. The Hall–Kier alpha value is -1.55. The third-order valence-corrected chi connectivity index (χ3v) is 4.11. The Bertz CT molecular complexity index is 540. The van der Waals surface area contributed by atoms with E-state index < -0.39 is 0 Å². The summed E-state index contributed by atoms with van der Waals surface area (Å²) in [7, 11) is 1.67. The average molecular weight is 305 g/mol. The molecule has 4 heteroatoms. The Balaban J connectivity index is 2.20. The summed E-state index contributed by atoms with van der Waals surface area (Å²) in [5.41, 5.74) is 2.60. The zero-order valence-corrected chi connectivity index (χ0v) is 14.3. The molecule has 1 unspecified atom stereocenters. The summed E-state index contributed by atoms with van der Waals surface area (Å²) in [6.45, 7) is 9.68. The van der Waals surface area contributed by atoms with Crippen LogP contribution >= 0.6 is 0 Å². The molecule has 0 aromatic heterocycles. The third kappa shape index (κ3) is 3.80. The van der Waals surface area contributed by atoms with Gasteiger partial charge in [0, 0.05) is 24.3 Å². The van der Waals surface area contributed by atoms with Crippen LogP contribution in [0.3, 0.4) is 0 Å². The minimum absolute atomic E-state index is 0.0406. The van der Waals surface area contributed by atoms with E-state index in [0.717, 1.165) is 36.3 Å². The third-order valence-electron chi connectivity index (χ3n) is 4.11.